The number of aromatic nitrogens is 4. The first-order chi connectivity index (χ1) is 16.8. The number of carbonyl (C=O) groups is 1. The molecule has 1 amide bonds. The van der Waals surface area contributed by atoms with Gasteiger partial charge in [0.2, 0.25) is 0 Å². The number of anilines is 2. The van der Waals surface area contributed by atoms with Crippen molar-refractivity contribution >= 4 is 34.8 Å². The quantitative estimate of drug-likeness (QED) is 0.389. The molecule has 4 heterocycles. The molecule has 0 spiro atoms. The molecule has 0 radical (unpaired) electrons. The molecule has 1 fully saturated rings. The Morgan fingerprint density at radius 3 is 2.69 bits per heavy atom. The fourth-order valence-electron chi connectivity index (χ4n) is 3.89. The fourth-order valence-corrected chi connectivity index (χ4v) is 4.99. The maximum atomic E-state index is 12.9. The molecule has 5 rings (SSSR count). The van der Waals surface area contributed by atoms with Crippen molar-refractivity contribution in [2.75, 3.05) is 29.9 Å². The SMILES string of the molecule is Nc1nccn2c(C3CNCCS3)nc(-c3ccc(C(=O)Nc4cc(C(F)(F)F)ccn4)cc3)c12. The maximum Gasteiger partial charge on any atom is 0.416 e. The summed E-state index contributed by atoms with van der Waals surface area (Å²) in [5.41, 5.74) is 7.62. The van der Waals surface area contributed by atoms with E-state index >= 15 is 0 Å². The minimum Gasteiger partial charge on any atom is -0.382 e. The molecular formula is C23H20F3N7OS. The Labute approximate surface area is 202 Å². The van der Waals surface area contributed by atoms with Crippen molar-refractivity contribution in [3.05, 3.63) is 71.9 Å². The summed E-state index contributed by atoms with van der Waals surface area (Å²) in [7, 11) is 0. The predicted molar refractivity (Wildman–Crippen MR) is 128 cm³/mol. The van der Waals surface area contributed by atoms with Crippen LogP contribution in [-0.2, 0) is 6.18 Å². The first kappa shape index (κ1) is 23.1. The third kappa shape index (κ3) is 4.66. The number of amides is 1. The van der Waals surface area contributed by atoms with Crippen LogP contribution in [0.4, 0.5) is 24.8 Å². The molecule has 0 saturated carbocycles. The van der Waals surface area contributed by atoms with Crippen LogP contribution in [0.25, 0.3) is 16.8 Å². The highest BCUT2D eigenvalue weighted by atomic mass is 32.2. The monoisotopic (exact) mass is 499 g/mol. The molecule has 0 aliphatic carbocycles. The number of nitrogens with one attached hydrogen (secondary N) is 2. The highest BCUT2D eigenvalue weighted by Gasteiger charge is 2.31. The summed E-state index contributed by atoms with van der Waals surface area (Å²) in [5, 5.41) is 5.94. The highest BCUT2D eigenvalue weighted by molar-refractivity contribution is 7.99. The number of imidazole rings is 1. The normalized spacial score (nSPS) is 16.4. The largest absolute Gasteiger partial charge is 0.416 e. The smallest absolute Gasteiger partial charge is 0.382 e. The van der Waals surface area contributed by atoms with Crippen LogP contribution in [-0.4, -0.2) is 44.1 Å². The van der Waals surface area contributed by atoms with Gasteiger partial charge in [-0.3, -0.25) is 9.20 Å². The molecule has 1 saturated heterocycles. The van der Waals surface area contributed by atoms with E-state index in [1.54, 1.807) is 30.5 Å². The van der Waals surface area contributed by atoms with E-state index in [2.05, 4.69) is 20.6 Å². The van der Waals surface area contributed by atoms with Gasteiger partial charge in [-0.05, 0) is 24.3 Å². The number of carbonyl (C=O) groups excluding carboxylic acids is 1. The van der Waals surface area contributed by atoms with Gasteiger partial charge < -0.3 is 16.4 Å². The van der Waals surface area contributed by atoms with Crippen LogP contribution in [0.5, 0.6) is 0 Å². The first-order valence-electron chi connectivity index (χ1n) is 10.7. The molecule has 4 N–H and O–H groups in total. The average molecular weight is 500 g/mol. The van der Waals surface area contributed by atoms with Gasteiger partial charge in [-0.25, -0.2) is 15.0 Å². The van der Waals surface area contributed by atoms with Crippen LogP contribution in [0.3, 0.4) is 0 Å². The van der Waals surface area contributed by atoms with E-state index in [-0.39, 0.29) is 16.6 Å². The van der Waals surface area contributed by atoms with E-state index in [0.29, 0.717) is 17.0 Å². The number of fused-ring (bicyclic) bond motifs is 1. The molecule has 1 unspecified atom stereocenters. The van der Waals surface area contributed by atoms with Gasteiger partial charge in [0.25, 0.3) is 5.91 Å². The van der Waals surface area contributed by atoms with E-state index < -0.39 is 17.6 Å². The second kappa shape index (κ2) is 9.19. The Bertz CT molecular complexity index is 1380. The van der Waals surface area contributed by atoms with Gasteiger partial charge in [0.05, 0.1) is 10.8 Å². The molecular weight excluding hydrogens is 479 g/mol. The van der Waals surface area contributed by atoms with Crippen molar-refractivity contribution in [2.45, 2.75) is 11.4 Å². The molecule has 3 aromatic heterocycles. The van der Waals surface area contributed by atoms with Crippen molar-refractivity contribution in [2.24, 2.45) is 0 Å². The Hall–Kier alpha value is -3.64. The Morgan fingerprint density at radius 2 is 1.97 bits per heavy atom. The van der Waals surface area contributed by atoms with Gasteiger partial charge >= 0.3 is 6.18 Å². The molecule has 1 atom stereocenters. The Balaban J connectivity index is 1.43. The van der Waals surface area contributed by atoms with E-state index in [9.17, 15) is 18.0 Å². The number of nitrogens with two attached hydrogens (primary N) is 1. The lowest BCUT2D eigenvalue weighted by molar-refractivity contribution is -0.137. The van der Waals surface area contributed by atoms with Gasteiger partial charge in [0.1, 0.15) is 28.7 Å². The van der Waals surface area contributed by atoms with Gasteiger partial charge in [-0.15, -0.1) is 11.8 Å². The van der Waals surface area contributed by atoms with Crippen LogP contribution in [0.2, 0.25) is 0 Å². The summed E-state index contributed by atoms with van der Waals surface area (Å²) < 4.78 is 40.7. The zero-order chi connectivity index (χ0) is 24.6. The topological polar surface area (TPSA) is 110 Å². The highest BCUT2D eigenvalue weighted by Crippen LogP contribution is 2.35. The minimum atomic E-state index is -4.53. The average Bonchev–Trinajstić information content (AvgIpc) is 3.25. The number of halogens is 3. The van der Waals surface area contributed by atoms with Crippen molar-refractivity contribution in [1.82, 2.24) is 24.7 Å². The van der Waals surface area contributed by atoms with Gasteiger partial charge in [0, 0.05) is 48.6 Å². The molecule has 180 valence electrons. The standard InChI is InChI=1S/C23H20F3N7OS/c24-23(25,26)15-5-6-29-17(11-15)31-22(34)14-3-1-13(2-4-14)18-19-20(27)30-7-9-33(19)21(32-18)16-12-28-8-10-35-16/h1-7,9,11,16,28H,8,10,12H2,(H2,27,30)(H,29,31,34). The fraction of sp³-hybridized carbons (Fsp3) is 0.217. The van der Waals surface area contributed by atoms with Crippen LogP contribution in [0.1, 0.15) is 27.0 Å². The van der Waals surface area contributed by atoms with Crippen LogP contribution in [0.15, 0.2) is 55.0 Å². The summed E-state index contributed by atoms with van der Waals surface area (Å²) >= 11 is 1.82. The molecule has 12 heteroatoms. The molecule has 8 nitrogen and oxygen atoms in total. The molecule has 1 aromatic carbocycles. The number of pyridine rings is 1. The van der Waals surface area contributed by atoms with Gasteiger partial charge in [0.15, 0.2) is 0 Å². The van der Waals surface area contributed by atoms with Crippen molar-refractivity contribution < 1.29 is 18.0 Å². The third-order valence-corrected chi connectivity index (χ3v) is 6.80. The predicted octanol–water partition coefficient (Wildman–Crippen LogP) is 4.02. The Kier molecular flexibility index (Phi) is 6.07. The van der Waals surface area contributed by atoms with E-state index in [1.807, 2.05) is 22.4 Å². The van der Waals surface area contributed by atoms with Crippen molar-refractivity contribution in [1.29, 1.82) is 0 Å². The van der Waals surface area contributed by atoms with Crippen molar-refractivity contribution in [3.8, 4) is 11.3 Å². The molecule has 4 aromatic rings. The number of benzene rings is 1. The third-order valence-electron chi connectivity index (χ3n) is 5.58. The van der Waals surface area contributed by atoms with E-state index in [0.717, 1.165) is 48.6 Å². The Morgan fingerprint density at radius 1 is 1.17 bits per heavy atom. The lowest BCUT2D eigenvalue weighted by Crippen LogP contribution is -2.29. The number of nitrogens with zero attached hydrogens (tertiary/aromatic N) is 4. The first-order valence-corrected chi connectivity index (χ1v) is 11.8. The number of hydrogen-bond donors (Lipinski definition) is 3. The summed E-state index contributed by atoms with van der Waals surface area (Å²) in [4.78, 5) is 25.5. The molecule has 1 aliphatic heterocycles. The lowest BCUT2D eigenvalue weighted by Gasteiger charge is -2.21. The molecule has 35 heavy (non-hydrogen) atoms. The number of nitrogen functional groups attached to an aromatic ring is 1. The number of alkyl halides is 3. The number of thioether (sulfide) groups is 1. The maximum absolute atomic E-state index is 12.9. The second-order valence-corrected chi connectivity index (χ2v) is 9.18. The van der Waals surface area contributed by atoms with Gasteiger partial charge in [-0.2, -0.15) is 13.2 Å². The summed E-state index contributed by atoms with van der Waals surface area (Å²) in [6, 6.07) is 8.23. The minimum absolute atomic E-state index is 0.150. The number of rotatable bonds is 4. The lowest BCUT2D eigenvalue weighted by atomic mass is 10.1. The van der Waals surface area contributed by atoms with Crippen LogP contribution in [0, 0.1) is 0 Å². The molecule has 1 aliphatic rings. The zero-order valence-corrected chi connectivity index (χ0v) is 19.0. The van der Waals surface area contributed by atoms with E-state index in [1.165, 1.54) is 0 Å². The zero-order valence-electron chi connectivity index (χ0n) is 18.2. The van der Waals surface area contributed by atoms with Crippen LogP contribution >= 0.6 is 11.8 Å². The number of hydrogen-bond acceptors (Lipinski definition) is 7. The van der Waals surface area contributed by atoms with E-state index in [4.69, 9.17) is 10.7 Å². The van der Waals surface area contributed by atoms with Crippen LogP contribution < -0.4 is 16.4 Å². The van der Waals surface area contributed by atoms with Crippen molar-refractivity contribution in [3.63, 3.8) is 0 Å². The summed E-state index contributed by atoms with van der Waals surface area (Å²) in [5.74, 6) is 1.41. The second-order valence-electron chi connectivity index (χ2n) is 7.87. The van der Waals surface area contributed by atoms with Gasteiger partial charge in [-0.1, -0.05) is 12.1 Å². The summed E-state index contributed by atoms with van der Waals surface area (Å²) in [6.07, 6.45) is -0.0648. The summed E-state index contributed by atoms with van der Waals surface area (Å²) in [6.45, 7) is 1.73. The molecule has 0 bridgehead atoms.